The molecule has 0 aliphatic carbocycles. The molecule has 9 nitrogen and oxygen atoms in total. The molecule has 1 aromatic rings. The van der Waals surface area contributed by atoms with Crippen molar-refractivity contribution in [2.45, 2.75) is 46.1 Å². The number of likely N-dealkylation sites (N-methyl/N-ethyl adjacent to an activating group) is 1. The number of carbonyl (C=O) groups is 3. The molecule has 2 aliphatic rings. The minimum Gasteiger partial charge on any atom is -0.463 e. The van der Waals surface area contributed by atoms with Gasteiger partial charge in [0.2, 0.25) is 0 Å². The Hall–Kier alpha value is -3.07. The molecule has 0 aromatic heterocycles. The molecule has 1 saturated heterocycles. The van der Waals surface area contributed by atoms with Gasteiger partial charge in [0.15, 0.2) is 0 Å². The molecule has 9 heteroatoms. The zero-order chi connectivity index (χ0) is 25.5. The zero-order valence-corrected chi connectivity index (χ0v) is 21.6. The van der Waals surface area contributed by atoms with Crippen molar-refractivity contribution in [1.82, 2.24) is 25.3 Å². The normalized spacial score (nSPS) is 19.5. The summed E-state index contributed by atoms with van der Waals surface area (Å²) in [4.78, 5) is 44.0. The molecule has 0 saturated carbocycles. The predicted molar refractivity (Wildman–Crippen MR) is 135 cm³/mol. The van der Waals surface area contributed by atoms with E-state index in [-0.39, 0.29) is 18.7 Å². The summed E-state index contributed by atoms with van der Waals surface area (Å²) < 4.78 is 5.44. The van der Waals surface area contributed by atoms with E-state index in [1.165, 1.54) is 10.5 Å². The molecular weight excluding hydrogens is 446 g/mol. The topological polar surface area (TPSA) is 94.2 Å². The number of hydrogen-bond acceptors (Lipinski definition) is 5. The van der Waals surface area contributed by atoms with Gasteiger partial charge in [-0.2, -0.15) is 0 Å². The Kier molecular flexibility index (Phi) is 9.14. The zero-order valence-electron chi connectivity index (χ0n) is 21.6. The lowest BCUT2D eigenvalue weighted by atomic mass is 9.92. The lowest BCUT2D eigenvalue weighted by Crippen LogP contribution is -2.49. The van der Waals surface area contributed by atoms with Crippen LogP contribution in [-0.4, -0.2) is 85.7 Å². The van der Waals surface area contributed by atoms with E-state index in [1.807, 2.05) is 36.1 Å². The van der Waals surface area contributed by atoms with E-state index in [9.17, 15) is 14.4 Å². The average Bonchev–Trinajstić information content (AvgIpc) is 3.08. The molecule has 3 rings (SSSR count). The van der Waals surface area contributed by atoms with Crippen LogP contribution in [-0.2, 0) is 9.53 Å². The van der Waals surface area contributed by atoms with Gasteiger partial charge in [0, 0.05) is 52.0 Å². The Bertz CT molecular complexity index is 944. The van der Waals surface area contributed by atoms with Crippen LogP contribution in [0.15, 0.2) is 35.5 Å². The molecule has 192 valence electrons. The quantitative estimate of drug-likeness (QED) is 0.579. The minimum absolute atomic E-state index is 0.0557. The van der Waals surface area contributed by atoms with E-state index in [2.05, 4.69) is 29.4 Å². The Labute approximate surface area is 208 Å². The second-order valence-corrected chi connectivity index (χ2v) is 9.30. The number of carbonyl (C=O) groups excluding carboxylic acids is 3. The lowest BCUT2D eigenvalue weighted by Gasteiger charge is -2.36. The highest BCUT2D eigenvalue weighted by Crippen LogP contribution is 2.32. The highest BCUT2D eigenvalue weighted by molar-refractivity contribution is 5.95. The molecule has 2 aliphatic heterocycles. The van der Waals surface area contributed by atoms with Crippen LogP contribution < -0.4 is 10.6 Å². The van der Waals surface area contributed by atoms with Crippen LogP contribution in [0.1, 0.15) is 57.2 Å². The van der Waals surface area contributed by atoms with Gasteiger partial charge in [0.25, 0.3) is 0 Å². The van der Waals surface area contributed by atoms with Crippen LogP contribution in [0.3, 0.4) is 0 Å². The fraction of sp³-hybridized carbons (Fsp3) is 0.577. The van der Waals surface area contributed by atoms with Crippen LogP contribution >= 0.6 is 0 Å². The molecule has 2 heterocycles. The Balaban J connectivity index is 1.92. The number of benzene rings is 1. The van der Waals surface area contributed by atoms with Crippen LogP contribution in [0.25, 0.3) is 0 Å². The summed E-state index contributed by atoms with van der Waals surface area (Å²) in [6.07, 6.45) is 0.815. The summed E-state index contributed by atoms with van der Waals surface area (Å²) in [6, 6.07) is 7.12. The van der Waals surface area contributed by atoms with Crippen molar-refractivity contribution in [2.75, 3.05) is 52.9 Å². The number of rotatable bonds is 7. The first-order valence-electron chi connectivity index (χ1n) is 12.6. The van der Waals surface area contributed by atoms with E-state index in [1.54, 1.807) is 14.0 Å². The third-order valence-electron chi connectivity index (χ3n) is 6.59. The second kappa shape index (κ2) is 12.1. The molecule has 35 heavy (non-hydrogen) atoms. The SMILES string of the molecule is CCNC(=O)N1CCCN(CC2=C(C(=O)OCC)C(c3ccc(C(C)C)cc3)NC(=O)N2C)CC1. The third kappa shape index (κ3) is 6.33. The summed E-state index contributed by atoms with van der Waals surface area (Å²) in [6.45, 7) is 11.9. The molecule has 0 radical (unpaired) electrons. The first-order chi connectivity index (χ1) is 16.8. The second-order valence-electron chi connectivity index (χ2n) is 9.30. The summed E-state index contributed by atoms with van der Waals surface area (Å²) in [5.74, 6) is -0.0418. The molecule has 1 aromatic carbocycles. The van der Waals surface area contributed by atoms with Gasteiger partial charge in [0.1, 0.15) is 0 Å². The maximum Gasteiger partial charge on any atom is 0.338 e. The number of urea groups is 2. The van der Waals surface area contributed by atoms with Crippen LogP contribution in [0.2, 0.25) is 0 Å². The fourth-order valence-corrected chi connectivity index (χ4v) is 4.53. The molecule has 2 N–H and O–H groups in total. The lowest BCUT2D eigenvalue weighted by molar-refractivity contribution is -0.139. The maximum absolute atomic E-state index is 13.2. The smallest absolute Gasteiger partial charge is 0.338 e. The largest absolute Gasteiger partial charge is 0.463 e. The molecule has 0 spiro atoms. The molecule has 1 unspecified atom stereocenters. The van der Waals surface area contributed by atoms with Crippen LogP contribution in [0.4, 0.5) is 9.59 Å². The van der Waals surface area contributed by atoms with Gasteiger partial charge >= 0.3 is 18.0 Å². The van der Waals surface area contributed by atoms with E-state index in [4.69, 9.17) is 4.74 Å². The molecule has 1 atom stereocenters. The van der Waals surface area contributed by atoms with Crippen molar-refractivity contribution in [3.63, 3.8) is 0 Å². The number of hydrogen-bond donors (Lipinski definition) is 2. The van der Waals surface area contributed by atoms with Gasteiger partial charge in [-0.25, -0.2) is 14.4 Å². The van der Waals surface area contributed by atoms with Crippen molar-refractivity contribution in [3.05, 3.63) is 46.7 Å². The highest BCUT2D eigenvalue weighted by atomic mass is 16.5. The summed E-state index contributed by atoms with van der Waals surface area (Å²) in [7, 11) is 1.68. The first-order valence-corrected chi connectivity index (χ1v) is 12.6. The van der Waals surface area contributed by atoms with E-state index >= 15 is 0 Å². The minimum atomic E-state index is -0.590. The van der Waals surface area contributed by atoms with Crippen LogP contribution in [0, 0.1) is 0 Å². The summed E-state index contributed by atoms with van der Waals surface area (Å²) in [5.41, 5.74) is 3.12. The number of nitrogens with zero attached hydrogens (tertiary/aromatic N) is 3. The highest BCUT2D eigenvalue weighted by Gasteiger charge is 2.37. The standard InChI is InChI=1S/C26H39N5O4/c1-6-27-25(33)31-14-8-13-30(15-16-31)17-21-22(24(32)35-7-2)23(28-26(34)29(21)5)20-11-9-19(10-12-20)18(3)4/h9-12,18,23H,6-8,13-17H2,1-5H3,(H,27,33)(H,28,34). The van der Waals surface area contributed by atoms with Crippen molar-refractivity contribution in [3.8, 4) is 0 Å². The molecule has 0 bridgehead atoms. The van der Waals surface area contributed by atoms with Gasteiger partial charge in [-0.05, 0) is 37.3 Å². The van der Waals surface area contributed by atoms with E-state index in [0.29, 0.717) is 49.9 Å². The number of nitrogens with one attached hydrogen (secondary N) is 2. The predicted octanol–water partition coefficient (Wildman–Crippen LogP) is 3.06. The molecule has 1 fully saturated rings. The summed E-state index contributed by atoms with van der Waals surface area (Å²) >= 11 is 0. The summed E-state index contributed by atoms with van der Waals surface area (Å²) in [5, 5.41) is 5.84. The molecule has 4 amide bonds. The van der Waals surface area contributed by atoms with Crippen molar-refractivity contribution >= 4 is 18.0 Å². The van der Waals surface area contributed by atoms with Gasteiger partial charge in [-0.15, -0.1) is 0 Å². The Morgan fingerprint density at radius 1 is 1.11 bits per heavy atom. The van der Waals surface area contributed by atoms with Gasteiger partial charge in [-0.1, -0.05) is 38.1 Å². The Morgan fingerprint density at radius 2 is 1.83 bits per heavy atom. The van der Waals surface area contributed by atoms with Crippen molar-refractivity contribution in [2.24, 2.45) is 0 Å². The number of amides is 4. The van der Waals surface area contributed by atoms with Gasteiger partial charge in [0.05, 0.1) is 18.2 Å². The van der Waals surface area contributed by atoms with Crippen LogP contribution in [0.5, 0.6) is 0 Å². The fourth-order valence-electron chi connectivity index (χ4n) is 4.53. The number of esters is 1. The van der Waals surface area contributed by atoms with Crippen molar-refractivity contribution in [1.29, 1.82) is 0 Å². The third-order valence-corrected chi connectivity index (χ3v) is 6.59. The Morgan fingerprint density at radius 3 is 2.46 bits per heavy atom. The first kappa shape index (κ1) is 26.5. The van der Waals surface area contributed by atoms with Gasteiger partial charge < -0.3 is 20.3 Å². The van der Waals surface area contributed by atoms with Crippen molar-refractivity contribution < 1.29 is 19.1 Å². The van der Waals surface area contributed by atoms with Gasteiger partial charge in [-0.3, -0.25) is 9.80 Å². The maximum atomic E-state index is 13.2. The molecular formula is C26H39N5O4. The number of ether oxygens (including phenoxy) is 1. The monoisotopic (exact) mass is 485 g/mol. The van der Waals surface area contributed by atoms with E-state index in [0.717, 1.165) is 18.5 Å². The average molecular weight is 486 g/mol. The van der Waals surface area contributed by atoms with E-state index < -0.39 is 12.0 Å².